The van der Waals surface area contributed by atoms with Crippen LogP contribution in [0.1, 0.15) is 18.2 Å². The number of aryl methyl sites for hydroxylation is 1. The number of thioether (sulfide) groups is 1. The molecule has 2 heterocycles. The topological polar surface area (TPSA) is 80.0 Å². The summed E-state index contributed by atoms with van der Waals surface area (Å²) in [5.74, 6) is 0.663. The minimum Gasteiger partial charge on any atom is -0.467 e. The average Bonchev–Trinajstić information content (AvgIpc) is 3.24. The van der Waals surface area contributed by atoms with Gasteiger partial charge in [0.25, 0.3) is 0 Å². The van der Waals surface area contributed by atoms with E-state index in [0.29, 0.717) is 11.7 Å². The number of carbonyl (C=O) groups excluding carboxylic acids is 1. The molecule has 8 heteroatoms. The van der Waals surface area contributed by atoms with Crippen molar-refractivity contribution in [3.8, 4) is 0 Å². The molecule has 0 radical (unpaired) electrons. The molecular formula is C17H18N4O2S2. The molecule has 3 rings (SSSR count). The number of furan rings is 1. The first-order valence-electron chi connectivity index (χ1n) is 7.74. The van der Waals surface area contributed by atoms with Crippen LogP contribution in [0, 0.1) is 6.92 Å². The Morgan fingerprint density at radius 1 is 1.32 bits per heavy atom. The molecule has 2 aromatic heterocycles. The summed E-state index contributed by atoms with van der Waals surface area (Å²) >= 11 is 2.81. The normalized spacial score (nSPS) is 11.9. The second kappa shape index (κ2) is 8.17. The van der Waals surface area contributed by atoms with Gasteiger partial charge in [-0.1, -0.05) is 35.2 Å². The quantitative estimate of drug-likeness (QED) is 0.609. The number of aromatic nitrogens is 2. The lowest BCUT2D eigenvalue weighted by molar-refractivity contribution is -0.120. The molecule has 130 valence electrons. The number of benzene rings is 1. The Bertz CT molecular complexity index is 833. The number of nitrogens with zero attached hydrogens (tertiary/aromatic N) is 2. The van der Waals surface area contributed by atoms with Crippen LogP contribution in [0.15, 0.2) is 51.4 Å². The van der Waals surface area contributed by atoms with E-state index in [1.54, 1.807) is 12.3 Å². The largest absolute Gasteiger partial charge is 0.467 e. The van der Waals surface area contributed by atoms with Gasteiger partial charge in [-0.2, -0.15) is 0 Å². The predicted molar refractivity (Wildman–Crippen MR) is 100 cm³/mol. The van der Waals surface area contributed by atoms with Crippen LogP contribution in [-0.4, -0.2) is 21.4 Å². The standard InChI is InChI=1S/C17H18N4O2S2/c1-11-5-3-6-13(9-11)19-16-20-21-17(25-16)24-12(2)15(22)18-10-14-7-4-8-23-14/h3-9,12H,10H2,1-2H3,(H,18,22)(H,19,20)/t12-/m0/s1. The molecule has 0 saturated carbocycles. The third-order valence-electron chi connectivity index (χ3n) is 3.34. The molecule has 0 spiro atoms. The Kier molecular flexibility index (Phi) is 5.72. The minimum atomic E-state index is -0.269. The molecule has 1 atom stereocenters. The molecule has 0 aliphatic heterocycles. The van der Waals surface area contributed by atoms with Crippen LogP contribution < -0.4 is 10.6 Å². The van der Waals surface area contributed by atoms with Gasteiger partial charge in [-0.15, -0.1) is 10.2 Å². The molecule has 3 aromatic rings. The van der Waals surface area contributed by atoms with E-state index in [1.165, 1.54) is 28.7 Å². The van der Waals surface area contributed by atoms with E-state index in [2.05, 4.69) is 20.8 Å². The number of hydrogen-bond acceptors (Lipinski definition) is 7. The van der Waals surface area contributed by atoms with Crippen LogP contribution >= 0.6 is 23.1 Å². The molecule has 25 heavy (non-hydrogen) atoms. The summed E-state index contributed by atoms with van der Waals surface area (Å²) in [6, 6.07) is 11.7. The van der Waals surface area contributed by atoms with Crippen LogP contribution in [0.4, 0.5) is 10.8 Å². The van der Waals surface area contributed by atoms with Gasteiger partial charge in [-0.05, 0) is 43.7 Å². The zero-order valence-electron chi connectivity index (χ0n) is 13.9. The molecule has 0 bridgehead atoms. The van der Waals surface area contributed by atoms with E-state index in [4.69, 9.17) is 4.42 Å². The second-order valence-electron chi connectivity index (χ2n) is 5.42. The van der Waals surface area contributed by atoms with Crippen LogP contribution in [-0.2, 0) is 11.3 Å². The average molecular weight is 374 g/mol. The molecule has 0 aliphatic carbocycles. The molecular weight excluding hydrogens is 356 g/mol. The van der Waals surface area contributed by atoms with Gasteiger partial charge >= 0.3 is 0 Å². The molecule has 0 saturated heterocycles. The van der Waals surface area contributed by atoms with Gasteiger partial charge in [0.05, 0.1) is 18.1 Å². The van der Waals surface area contributed by atoms with Crippen molar-refractivity contribution in [1.29, 1.82) is 0 Å². The highest BCUT2D eigenvalue weighted by atomic mass is 32.2. The number of amides is 1. The van der Waals surface area contributed by atoms with Crippen molar-refractivity contribution < 1.29 is 9.21 Å². The first-order chi connectivity index (χ1) is 12.1. The lowest BCUT2D eigenvalue weighted by Crippen LogP contribution is -2.30. The van der Waals surface area contributed by atoms with E-state index >= 15 is 0 Å². The highest BCUT2D eigenvalue weighted by molar-refractivity contribution is 8.02. The summed E-state index contributed by atoms with van der Waals surface area (Å²) in [7, 11) is 0. The Hall–Kier alpha value is -2.32. The zero-order chi connectivity index (χ0) is 17.6. The summed E-state index contributed by atoms with van der Waals surface area (Å²) in [6.45, 7) is 4.26. The van der Waals surface area contributed by atoms with Crippen molar-refractivity contribution in [2.24, 2.45) is 0 Å². The molecule has 2 N–H and O–H groups in total. The molecule has 0 aliphatic rings. The Morgan fingerprint density at radius 2 is 2.20 bits per heavy atom. The van der Waals surface area contributed by atoms with E-state index in [1.807, 2.05) is 44.2 Å². The first kappa shape index (κ1) is 17.5. The predicted octanol–water partition coefficient (Wildman–Crippen LogP) is 3.98. The van der Waals surface area contributed by atoms with Crippen LogP contribution in [0.3, 0.4) is 0 Å². The van der Waals surface area contributed by atoms with Crippen LogP contribution in [0.5, 0.6) is 0 Å². The zero-order valence-corrected chi connectivity index (χ0v) is 15.5. The van der Waals surface area contributed by atoms with Crippen molar-refractivity contribution >= 4 is 39.8 Å². The maximum Gasteiger partial charge on any atom is 0.233 e. The summed E-state index contributed by atoms with van der Waals surface area (Å²) in [4.78, 5) is 12.1. The third kappa shape index (κ3) is 5.07. The molecule has 0 fully saturated rings. The van der Waals surface area contributed by atoms with E-state index < -0.39 is 0 Å². The lowest BCUT2D eigenvalue weighted by atomic mass is 10.2. The van der Waals surface area contributed by atoms with Gasteiger partial charge < -0.3 is 15.1 Å². The van der Waals surface area contributed by atoms with E-state index in [0.717, 1.165) is 15.8 Å². The lowest BCUT2D eigenvalue weighted by Gasteiger charge is -2.08. The van der Waals surface area contributed by atoms with Crippen molar-refractivity contribution in [3.05, 3.63) is 54.0 Å². The summed E-state index contributed by atoms with van der Waals surface area (Å²) in [5, 5.41) is 14.8. The van der Waals surface area contributed by atoms with Crippen molar-refractivity contribution in [2.45, 2.75) is 30.0 Å². The van der Waals surface area contributed by atoms with Gasteiger partial charge in [-0.3, -0.25) is 4.79 Å². The fourth-order valence-electron chi connectivity index (χ4n) is 2.09. The maximum atomic E-state index is 12.1. The Labute approximate surface area is 154 Å². The monoisotopic (exact) mass is 374 g/mol. The van der Waals surface area contributed by atoms with E-state index in [-0.39, 0.29) is 11.2 Å². The Balaban J connectivity index is 1.52. The summed E-state index contributed by atoms with van der Waals surface area (Å²) < 4.78 is 5.95. The highest BCUT2D eigenvalue weighted by Gasteiger charge is 2.17. The number of hydrogen-bond donors (Lipinski definition) is 2. The third-order valence-corrected chi connectivity index (χ3v) is 5.36. The van der Waals surface area contributed by atoms with Gasteiger partial charge in [0.2, 0.25) is 11.0 Å². The Morgan fingerprint density at radius 3 is 2.96 bits per heavy atom. The van der Waals surface area contributed by atoms with Gasteiger partial charge in [-0.25, -0.2) is 0 Å². The first-order valence-corrected chi connectivity index (χ1v) is 9.44. The maximum absolute atomic E-state index is 12.1. The smallest absolute Gasteiger partial charge is 0.233 e. The number of anilines is 2. The fraction of sp³-hybridized carbons (Fsp3) is 0.235. The molecule has 0 unspecified atom stereocenters. The van der Waals surface area contributed by atoms with Crippen molar-refractivity contribution in [1.82, 2.24) is 15.5 Å². The van der Waals surface area contributed by atoms with Crippen LogP contribution in [0.2, 0.25) is 0 Å². The number of carbonyl (C=O) groups is 1. The summed E-state index contributed by atoms with van der Waals surface area (Å²) in [5.41, 5.74) is 2.14. The fourth-order valence-corrected chi connectivity index (χ4v) is 4.03. The van der Waals surface area contributed by atoms with Gasteiger partial charge in [0.1, 0.15) is 5.76 Å². The molecule has 1 aromatic carbocycles. The molecule has 1 amide bonds. The van der Waals surface area contributed by atoms with Crippen molar-refractivity contribution in [2.75, 3.05) is 5.32 Å². The van der Waals surface area contributed by atoms with Crippen LogP contribution in [0.25, 0.3) is 0 Å². The minimum absolute atomic E-state index is 0.0650. The second-order valence-corrected chi connectivity index (χ2v) is 7.99. The SMILES string of the molecule is Cc1cccc(Nc2nnc(S[C@@H](C)C(=O)NCc3ccco3)s2)c1. The highest BCUT2D eigenvalue weighted by Crippen LogP contribution is 2.30. The molecule has 6 nitrogen and oxygen atoms in total. The number of rotatable bonds is 7. The van der Waals surface area contributed by atoms with E-state index in [9.17, 15) is 4.79 Å². The number of nitrogens with one attached hydrogen (secondary N) is 2. The summed E-state index contributed by atoms with van der Waals surface area (Å²) in [6.07, 6.45) is 1.59. The van der Waals surface area contributed by atoms with Gasteiger partial charge in [0.15, 0.2) is 4.34 Å². The van der Waals surface area contributed by atoms with Gasteiger partial charge in [0, 0.05) is 5.69 Å². The van der Waals surface area contributed by atoms with Crippen molar-refractivity contribution in [3.63, 3.8) is 0 Å².